The molecule has 0 radical (unpaired) electrons. The molecule has 1 aromatic heterocycles. The summed E-state index contributed by atoms with van der Waals surface area (Å²) >= 11 is 0. The van der Waals surface area contributed by atoms with Crippen molar-refractivity contribution in [2.24, 2.45) is 0 Å². The number of benzene rings is 1. The first kappa shape index (κ1) is 18.4. The average molecular weight is 353 g/mol. The van der Waals surface area contributed by atoms with Crippen molar-refractivity contribution in [1.29, 1.82) is 0 Å². The largest absolute Gasteiger partial charge is 0.461 e. The van der Waals surface area contributed by atoms with Crippen LogP contribution in [0, 0.1) is 13.8 Å². The van der Waals surface area contributed by atoms with Gasteiger partial charge in [-0.15, -0.1) is 0 Å². The van der Waals surface area contributed by atoms with Gasteiger partial charge in [0, 0.05) is 6.54 Å². The van der Waals surface area contributed by atoms with Crippen LogP contribution in [0.2, 0.25) is 0 Å². The summed E-state index contributed by atoms with van der Waals surface area (Å²) in [5.74, 6) is 0.0788. The number of aromatic nitrogens is 2. The van der Waals surface area contributed by atoms with Crippen molar-refractivity contribution in [3.8, 4) is 0 Å². The Morgan fingerprint density at radius 1 is 1.15 bits per heavy atom. The molecule has 1 heterocycles. The molecular weight excluding hydrogens is 326 g/mol. The van der Waals surface area contributed by atoms with Gasteiger partial charge >= 0.3 is 5.97 Å². The number of nitrogens with one attached hydrogen (secondary N) is 1. The number of hydrogen-bond acceptors (Lipinski definition) is 5. The van der Waals surface area contributed by atoms with Gasteiger partial charge in [0.25, 0.3) is 0 Å². The highest BCUT2D eigenvalue weighted by Crippen LogP contribution is 2.23. The van der Waals surface area contributed by atoms with Crippen LogP contribution in [-0.2, 0) is 4.74 Å². The van der Waals surface area contributed by atoms with Gasteiger partial charge in [-0.2, -0.15) is 0 Å². The molecule has 0 bridgehead atoms. The van der Waals surface area contributed by atoms with Crippen molar-refractivity contribution in [2.75, 3.05) is 18.5 Å². The fraction of sp³-hybridized carbons (Fsp3) is 0.476. The van der Waals surface area contributed by atoms with Gasteiger partial charge in [-0.3, -0.25) is 0 Å². The summed E-state index contributed by atoms with van der Waals surface area (Å²) in [5, 5.41) is 3.31. The Bertz CT molecular complexity index is 843. The third-order valence-electron chi connectivity index (χ3n) is 4.87. The molecule has 1 aliphatic rings. The molecule has 0 saturated heterocycles. The van der Waals surface area contributed by atoms with Crippen LogP contribution in [0.3, 0.4) is 0 Å². The first-order chi connectivity index (χ1) is 12.6. The van der Waals surface area contributed by atoms with Crippen LogP contribution in [0.5, 0.6) is 0 Å². The lowest BCUT2D eigenvalue weighted by atomic mass is 9.97. The van der Waals surface area contributed by atoms with Crippen LogP contribution in [-0.4, -0.2) is 29.1 Å². The van der Waals surface area contributed by atoms with E-state index in [-0.39, 0.29) is 5.69 Å². The van der Waals surface area contributed by atoms with E-state index in [1.165, 1.54) is 31.3 Å². The van der Waals surface area contributed by atoms with Gasteiger partial charge in [0.2, 0.25) is 0 Å². The number of aryl methyl sites for hydroxylation is 2. The van der Waals surface area contributed by atoms with E-state index in [1.807, 2.05) is 19.1 Å². The minimum atomic E-state index is -0.431. The molecule has 5 heteroatoms. The fourth-order valence-electron chi connectivity index (χ4n) is 3.25. The highest BCUT2D eigenvalue weighted by atomic mass is 16.5. The van der Waals surface area contributed by atoms with E-state index in [0.717, 1.165) is 35.1 Å². The number of carbonyl (C=O) groups excluding carboxylic acids is 1. The van der Waals surface area contributed by atoms with Gasteiger partial charge in [0.1, 0.15) is 0 Å². The normalized spacial score (nSPS) is 14.2. The predicted octanol–water partition coefficient (Wildman–Crippen LogP) is 4.73. The number of fused-ring (bicyclic) bond motifs is 1. The molecule has 0 saturated carbocycles. The average Bonchev–Trinajstić information content (AvgIpc) is 2.63. The highest BCUT2D eigenvalue weighted by Gasteiger charge is 2.18. The molecule has 0 atom stereocenters. The van der Waals surface area contributed by atoms with Crippen molar-refractivity contribution < 1.29 is 9.53 Å². The van der Waals surface area contributed by atoms with Crippen LogP contribution in [0.1, 0.15) is 60.6 Å². The maximum atomic E-state index is 12.3. The molecule has 0 spiro atoms. The van der Waals surface area contributed by atoms with Crippen LogP contribution in [0.4, 0.5) is 5.82 Å². The first-order valence-electron chi connectivity index (χ1n) is 9.46. The zero-order valence-corrected chi connectivity index (χ0v) is 15.9. The third-order valence-corrected chi connectivity index (χ3v) is 4.87. The van der Waals surface area contributed by atoms with Crippen LogP contribution in [0.15, 0.2) is 23.8 Å². The second kappa shape index (κ2) is 8.30. The molecule has 0 aliphatic heterocycles. The van der Waals surface area contributed by atoms with Crippen LogP contribution < -0.4 is 5.32 Å². The molecule has 0 fully saturated rings. The van der Waals surface area contributed by atoms with Crippen LogP contribution >= 0.6 is 0 Å². The summed E-state index contributed by atoms with van der Waals surface area (Å²) in [7, 11) is 0. The number of esters is 1. The zero-order chi connectivity index (χ0) is 18.5. The lowest BCUT2D eigenvalue weighted by Gasteiger charge is -2.15. The summed E-state index contributed by atoms with van der Waals surface area (Å²) in [4.78, 5) is 21.6. The number of allylic oxidation sites excluding steroid dienone is 1. The summed E-state index contributed by atoms with van der Waals surface area (Å²) in [6.45, 7) is 6.94. The smallest absolute Gasteiger partial charge is 0.360 e. The minimum Gasteiger partial charge on any atom is -0.461 e. The predicted molar refractivity (Wildman–Crippen MR) is 105 cm³/mol. The van der Waals surface area contributed by atoms with E-state index in [1.54, 1.807) is 6.92 Å². The second-order valence-electron chi connectivity index (χ2n) is 6.85. The van der Waals surface area contributed by atoms with Crippen molar-refractivity contribution in [3.05, 3.63) is 40.6 Å². The van der Waals surface area contributed by atoms with Gasteiger partial charge in [-0.05, 0) is 76.1 Å². The Balaban J connectivity index is 1.87. The quantitative estimate of drug-likeness (QED) is 0.601. The fourth-order valence-corrected chi connectivity index (χ4v) is 3.25. The Labute approximate surface area is 154 Å². The number of nitrogens with zero attached hydrogens (tertiary/aromatic N) is 2. The van der Waals surface area contributed by atoms with E-state index in [0.29, 0.717) is 12.4 Å². The highest BCUT2D eigenvalue weighted by molar-refractivity contribution is 5.95. The first-order valence-corrected chi connectivity index (χ1v) is 9.46. The Morgan fingerprint density at radius 2 is 1.88 bits per heavy atom. The van der Waals surface area contributed by atoms with Crippen molar-refractivity contribution in [2.45, 2.75) is 52.9 Å². The van der Waals surface area contributed by atoms with E-state index in [4.69, 9.17) is 4.74 Å². The Morgan fingerprint density at radius 3 is 2.54 bits per heavy atom. The van der Waals surface area contributed by atoms with Gasteiger partial charge in [0.05, 0.1) is 17.6 Å². The lowest BCUT2D eigenvalue weighted by Crippen LogP contribution is -2.15. The molecule has 0 unspecified atom stereocenters. The Hall–Kier alpha value is -2.43. The zero-order valence-electron chi connectivity index (χ0n) is 15.9. The molecule has 1 N–H and O–H groups in total. The minimum absolute atomic E-state index is 0.264. The molecular formula is C21H27N3O2. The van der Waals surface area contributed by atoms with Gasteiger partial charge in [-0.1, -0.05) is 11.6 Å². The molecule has 2 aromatic rings. The molecule has 0 amide bonds. The van der Waals surface area contributed by atoms with Gasteiger partial charge in [0.15, 0.2) is 11.5 Å². The van der Waals surface area contributed by atoms with E-state index >= 15 is 0 Å². The standard InChI is InChI=1S/C21H27N3O2/c1-4-26-21(25)19-20(22-11-10-16-8-6-5-7-9-16)24-18-13-15(3)14(2)12-17(18)23-19/h8,12-13H,4-7,9-11H2,1-3H3,(H,22,24). The van der Waals surface area contributed by atoms with E-state index in [2.05, 4.69) is 28.3 Å². The number of rotatable bonds is 6. The maximum Gasteiger partial charge on any atom is 0.360 e. The number of ether oxygens (including phenoxy) is 1. The van der Waals surface area contributed by atoms with Gasteiger partial charge in [-0.25, -0.2) is 14.8 Å². The van der Waals surface area contributed by atoms with Crippen molar-refractivity contribution in [1.82, 2.24) is 9.97 Å². The molecule has 1 aromatic carbocycles. The van der Waals surface area contributed by atoms with Crippen LogP contribution in [0.25, 0.3) is 11.0 Å². The number of anilines is 1. The molecule has 5 nitrogen and oxygen atoms in total. The molecule has 26 heavy (non-hydrogen) atoms. The summed E-state index contributed by atoms with van der Waals surface area (Å²) in [6, 6.07) is 3.98. The molecule has 1 aliphatic carbocycles. The van der Waals surface area contributed by atoms with Crippen molar-refractivity contribution in [3.63, 3.8) is 0 Å². The summed E-state index contributed by atoms with van der Waals surface area (Å²) in [6.07, 6.45) is 8.23. The number of hydrogen-bond donors (Lipinski definition) is 1. The topological polar surface area (TPSA) is 64.1 Å². The summed E-state index contributed by atoms with van der Waals surface area (Å²) in [5.41, 5.74) is 5.56. The Kier molecular flexibility index (Phi) is 5.86. The summed E-state index contributed by atoms with van der Waals surface area (Å²) < 4.78 is 5.17. The van der Waals surface area contributed by atoms with E-state index in [9.17, 15) is 4.79 Å². The molecule has 138 valence electrons. The monoisotopic (exact) mass is 353 g/mol. The number of carbonyl (C=O) groups is 1. The third kappa shape index (κ3) is 4.21. The SMILES string of the molecule is CCOC(=O)c1nc2cc(C)c(C)cc2nc1NCCC1=CCCCC1. The van der Waals surface area contributed by atoms with Crippen molar-refractivity contribution >= 4 is 22.8 Å². The van der Waals surface area contributed by atoms with Gasteiger partial charge < -0.3 is 10.1 Å². The van der Waals surface area contributed by atoms with E-state index < -0.39 is 5.97 Å². The maximum absolute atomic E-state index is 12.3. The second-order valence-corrected chi connectivity index (χ2v) is 6.85. The lowest BCUT2D eigenvalue weighted by molar-refractivity contribution is 0.0521. The molecule has 3 rings (SSSR count).